The van der Waals surface area contributed by atoms with E-state index in [4.69, 9.17) is 10.8 Å². The lowest BCUT2D eigenvalue weighted by atomic mass is 10.0. The van der Waals surface area contributed by atoms with Gasteiger partial charge in [0.1, 0.15) is 5.75 Å². The highest BCUT2D eigenvalue weighted by atomic mass is 16.4. The molecule has 6 nitrogen and oxygen atoms in total. The van der Waals surface area contributed by atoms with Crippen LogP contribution in [0.4, 0.5) is 5.69 Å². The van der Waals surface area contributed by atoms with Gasteiger partial charge in [-0.15, -0.1) is 0 Å². The van der Waals surface area contributed by atoms with Crippen LogP contribution >= 0.6 is 0 Å². The molecule has 0 radical (unpaired) electrons. The summed E-state index contributed by atoms with van der Waals surface area (Å²) in [5.74, 6) is -1.84. The van der Waals surface area contributed by atoms with E-state index in [9.17, 15) is 14.7 Å². The van der Waals surface area contributed by atoms with E-state index < -0.39 is 5.97 Å². The first-order valence-corrected chi connectivity index (χ1v) is 6.12. The van der Waals surface area contributed by atoms with Crippen molar-refractivity contribution < 1.29 is 19.8 Å². The first-order chi connectivity index (χ1) is 8.99. The molecule has 1 aromatic rings. The Morgan fingerprint density at radius 2 is 2.05 bits per heavy atom. The third-order valence-electron chi connectivity index (χ3n) is 3.41. The Morgan fingerprint density at radius 3 is 2.63 bits per heavy atom. The highest BCUT2D eigenvalue weighted by Gasteiger charge is 2.30. The minimum atomic E-state index is -1.12. The van der Waals surface area contributed by atoms with E-state index in [1.807, 2.05) is 0 Å². The van der Waals surface area contributed by atoms with E-state index in [-0.39, 0.29) is 34.9 Å². The molecule has 1 aliphatic carbocycles. The van der Waals surface area contributed by atoms with Crippen molar-refractivity contribution in [3.8, 4) is 5.75 Å². The van der Waals surface area contributed by atoms with Crippen molar-refractivity contribution in [3.05, 3.63) is 23.8 Å². The molecule has 102 valence electrons. The fourth-order valence-electron chi connectivity index (χ4n) is 2.31. The SMILES string of the molecule is NC1CCCC1C(=O)Nc1cc(C(=O)O)ccc1O. The number of amides is 1. The van der Waals surface area contributed by atoms with E-state index in [0.29, 0.717) is 6.42 Å². The van der Waals surface area contributed by atoms with Crippen LogP contribution < -0.4 is 11.1 Å². The zero-order valence-corrected chi connectivity index (χ0v) is 10.3. The lowest BCUT2D eigenvalue weighted by Crippen LogP contribution is -2.34. The summed E-state index contributed by atoms with van der Waals surface area (Å²) in [5, 5.41) is 21.1. The number of carboxylic acids is 1. The molecule has 2 rings (SSSR count). The van der Waals surface area contributed by atoms with E-state index in [1.54, 1.807) is 0 Å². The van der Waals surface area contributed by atoms with Gasteiger partial charge in [-0.05, 0) is 31.0 Å². The molecule has 2 atom stereocenters. The average Bonchev–Trinajstić information content (AvgIpc) is 2.78. The zero-order valence-electron chi connectivity index (χ0n) is 10.3. The third kappa shape index (κ3) is 2.85. The maximum Gasteiger partial charge on any atom is 0.335 e. The molecule has 0 aromatic heterocycles. The lowest BCUT2D eigenvalue weighted by molar-refractivity contribution is -0.120. The average molecular weight is 264 g/mol. The predicted octanol–water partition coefficient (Wildman–Crippen LogP) is 1.16. The molecule has 0 spiro atoms. The quantitative estimate of drug-likeness (QED) is 0.612. The summed E-state index contributed by atoms with van der Waals surface area (Å²) < 4.78 is 0. The second-order valence-corrected chi connectivity index (χ2v) is 4.73. The smallest absolute Gasteiger partial charge is 0.335 e. The predicted molar refractivity (Wildman–Crippen MR) is 69.0 cm³/mol. The van der Waals surface area contributed by atoms with E-state index in [2.05, 4.69) is 5.32 Å². The van der Waals surface area contributed by atoms with Crippen molar-refractivity contribution >= 4 is 17.6 Å². The number of carbonyl (C=O) groups is 2. The molecule has 6 heteroatoms. The number of carboxylic acid groups (broad SMARTS) is 1. The summed E-state index contributed by atoms with van der Waals surface area (Å²) in [6.07, 6.45) is 2.42. The second kappa shape index (κ2) is 5.27. The summed E-state index contributed by atoms with van der Waals surface area (Å²) in [7, 11) is 0. The monoisotopic (exact) mass is 264 g/mol. The molecule has 5 N–H and O–H groups in total. The van der Waals surface area contributed by atoms with Crippen LogP contribution in [0.2, 0.25) is 0 Å². The normalized spacial score (nSPS) is 22.2. The first-order valence-electron chi connectivity index (χ1n) is 6.12. The molecule has 0 saturated heterocycles. The molecule has 2 unspecified atom stereocenters. The van der Waals surface area contributed by atoms with Crippen LogP contribution in [0.1, 0.15) is 29.6 Å². The number of nitrogens with two attached hydrogens (primary N) is 1. The molecule has 0 bridgehead atoms. The van der Waals surface area contributed by atoms with Crippen molar-refractivity contribution in [3.63, 3.8) is 0 Å². The standard InChI is InChI=1S/C13H16N2O4/c14-9-3-1-2-8(9)12(17)15-10-6-7(13(18)19)4-5-11(10)16/h4-6,8-9,16H,1-3,14H2,(H,15,17)(H,18,19). The Balaban J connectivity index is 2.16. The first kappa shape index (κ1) is 13.4. The molecular weight excluding hydrogens is 248 g/mol. The number of hydrogen-bond donors (Lipinski definition) is 4. The molecule has 1 fully saturated rings. The Bertz CT molecular complexity index is 515. The fourth-order valence-corrected chi connectivity index (χ4v) is 2.31. The molecule has 1 amide bonds. The lowest BCUT2D eigenvalue weighted by Gasteiger charge is -2.16. The number of aromatic carboxylic acids is 1. The van der Waals surface area contributed by atoms with Gasteiger partial charge in [-0.2, -0.15) is 0 Å². The van der Waals surface area contributed by atoms with E-state index in [1.165, 1.54) is 18.2 Å². The molecule has 0 aliphatic heterocycles. The number of rotatable bonds is 3. The van der Waals surface area contributed by atoms with Crippen LogP contribution in [0.25, 0.3) is 0 Å². The van der Waals surface area contributed by atoms with Crippen molar-refractivity contribution in [2.45, 2.75) is 25.3 Å². The van der Waals surface area contributed by atoms with Crippen molar-refractivity contribution in [2.24, 2.45) is 11.7 Å². The van der Waals surface area contributed by atoms with Gasteiger partial charge < -0.3 is 21.3 Å². The molecular formula is C13H16N2O4. The Labute approximate surface area is 110 Å². The molecule has 0 heterocycles. The maximum atomic E-state index is 12.0. The maximum absolute atomic E-state index is 12.0. The highest BCUT2D eigenvalue weighted by Crippen LogP contribution is 2.28. The number of phenols is 1. The van der Waals surface area contributed by atoms with Gasteiger partial charge in [0.05, 0.1) is 17.2 Å². The Hall–Kier alpha value is -2.08. The zero-order chi connectivity index (χ0) is 14.0. The summed E-state index contributed by atoms with van der Waals surface area (Å²) in [4.78, 5) is 22.9. The minimum absolute atomic E-state index is 0.00354. The van der Waals surface area contributed by atoms with Gasteiger partial charge in [-0.25, -0.2) is 4.79 Å². The second-order valence-electron chi connectivity index (χ2n) is 4.73. The van der Waals surface area contributed by atoms with Gasteiger partial charge in [-0.1, -0.05) is 6.42 Å². The molecule has 19 heavy (non-hydrogen) atoms. The van der Waals surface area contributed by atoms with Gasteiger partial charge in [0.15, 0.2) is 0 Å². The van der Waals surface area contributed by atoms with Gasteiger partial charge in [-0.3, -0.25) is 4.79 Å². The van der Waals surface area contributed by atoms with Gasteiger partial charge in [0.2, 0.25) is 5.91 Å². The van der Waals surface area contributed by atoms with Crippen LogP contribution in [0.15, 0.2) is 18.2 Å². The summed E-state index contributed by atoms with van der Waals surface area (Å²) in [6.45, 7) is 0. The number of anilines is 1. The van der Waals surface area contributed by atoms with Crippen LogP contribution in [-0.4, -0.2) is 28.1 Å². The largest absolute Gasteiger partial charge is 0.506 e. The van der Waals surface area contributed by atoms with Gasteiger partial charge in [0, 0.05) is 6.04 Å². The summed E-state index contributed by atoms with van der Waals surface area (Å²) in [6, 6.07) is 3.57. The minimum Gasteiger partial charge on any atom is -0.506 e. The van der Waals surface area contributed by atoms with Crippen LogP contribution in [0, 0.1) is 5.92 Å². The van der Waals surface area contributed by atoms with E-state index >= 15 is 0 Å². The number of phenolic OH excluding ortho intramolecular Hbond substituents is 1. The van der Waals surface area contributed by atoms with Crippen molar-refractivity contribution in [2.75, 3.05) is 5.32 Å². The summed E-state index contributed by atoms with van der Waals surface area (Å²) >= 11 is 0. The van der Waals surface area contributed by atoms with Crippen molar-refractivity contribution in [1.82, 2.24) is 0 Å². The third-order valence-corrected chi connectivity index (χ3v) is 3.41. The number of aromatic hydroxyl groups is 1. The van der Waals surface area contributed by atoms with E-state index in [0.717, 1.165) is 12.8 Å². The molecule has 1 aliphatic rings. The Morgan fingerprint density at radius 1 is 1.32 bits per heavy atom. The number of hydrogen-bond acceptors (Lipinski definition) is 4. The molecule has 1 saturated carbocycles. The Kier molecular flexibility index (Phi) is 3.71. The van der Waals surface area contributed by atoms with Crippen LogP contribution in [0.5, 0.6) is 5.75 Å². The van der Waals surface area contributed by atoms with Crippen LogP contribution in [-0.2, 0) is 4.79 Å². The number of carbonyl (C=O) groups excluding carboxylic acids is 1. The highest BCUT2D eigenvalue weighted by molar-refractivity contribution is 5.96. The van der Waals surface area contributed by atoms with Gasteiger partial charge >= 0.3 is 5.97 Å². The fraction of sp³-hybridized carbons (Fsp3) is 0.385. The van der Waals surface area contributed by atoms with Crippen molar-refractivity contribution in [1.29, 1.82) is 0 Å². The van der Waals surface area contributed by atoms with Crippen LogP contribution in [0.3, 0.4) is 0 Å². The van der Waals surface area contributed by atoms with Gasteiger partial charge in [0.25, 0.3) is 0 Å². The summed E-state index contributed by atoms with van der Waals surface area (Å²) in [5.41, 5.74) is 5.94. The molecule has 1 aromatic carbocycles. The topological polar surface area (TPSA) is 113 Å². The number of nitrogens with one attached hydrogen (secondary N) is 1. The number of benzene rings is 1.